The SMILES string of the molecule is CC(CCN(C)C)[N+](C)(C)C. The number of nitrogens with zero attached hydrogens (tertiary/aromatic N) is 2. The van der Waals surface area contributed by atoms with Crippen LogP contribution in [0.3, 0.4) is 0 Å². The van der Waals surface area contributed by atoms with Crippen LogP contribution in [0.2, 0.25) is 0 Å². The summed E-state index contributed by atoms with van der Waals surface area (Å²) < 4.78 is 1.06. The summed E-state index contributed by atoms with van der Waals surface area (Å²) >= 11 is 0. The van der Waals surface area contributed by atoms with E-state index in [1.165, 1.54) is 13.0 Å². The van der Waals surface area contributed by atoms with Crippen molar-refractivity contribution in [2.24, 2.45) is 0 Å². The molecule has 2 heteroatoms. The standard InChI is InChI=1S/C9H23N2/c1-9(11(4,5)6)7-8-10(2)3/h9H,7-8H2,1-6H3/q+1. The molecule has 0 aromatic rings. The molecule has 2 nitrogen and oxygen atoms in total. The van der Waals surface area contributed by atoms with Crippen molar-refractivity contribution in [3.8, 4) is 0 Å². The van der Waals surface area contributed by atoms with Crippen LogP contribution < -0.4 is 0 Å². The van der Waals surface area contributed by atoms with E-state index in [2.05, 4.69) is 47.1 Å². The molecular weight excluding hydrogens is 136 g/mol. The third kappa shape index (κ3) is 5.22. The second-order valence-corrected chi connectivity index (χ2v) is 4.56. The first-order valence-electron chi connectivity index (χ1n) is 4.30. The Labute approximate surface area is 71.4 Å². The van der Waals surface area contributed by atoms with Crippen molar-refractivity contribution >= 4 is 0 Å². The maximum atomic E-state index is 2.31. The third-order valence-electron chi connectivity index (χ3n) is 2.32. The van der Waals surface area contributed by atoms with Crippen LogP contribution in [0.25, 0.3) is 0 Å². The Morgan fingerprint density at radius 1 is 1.18 bits per heavy atom. The van der Waals surface area contributed by atoms with E-state index in [1.54, 1.807) is 0 Å². The molecule has 0 saturated carbocycles. The van der Waals surface area contributed by atoms with Crippen LogP contribution >= 0.6 is 0 Å². The fraction of sp³-hybridized carbons (Fsp3) is 1.00. The average molecular weight is 159 g/mol. The molecule has 0 bridgehead atoms. The first kappa shape index (κ1) is 10.9. The highest BCUT2D eigenvalue weighted by atomic mass is 15.3. The number of hydrogen-bond donors (Lipinski definition) is 0. The fourth-order valence-electron chi connectivity index (χ4n) is 0.832. The molecule has 1 atom stereocenters. The van der Waals surface area contributed by atoms with E-state index in [4.69, 9.17) is 0 Å². The normalized spacial score (nSPS) is 15.5. The Bertz CT molecular complexity index is 103. The highest BCUT2D eigenvalue weighted by Crippen LogP contribution is 2.06. The maximum Gasteiger partial charge on any atom is 0.0867 e. The molecule has 0 rings (SSSR count). The zero-order chi connectivity index (χ0) is 9.07. The average Bonchev–Trinajstić information content (AvgIpc) is 1.80. The van der Waals surface area contributed by atoms with Gasteiger partial charge in [0.2, 0.25) is 0 Å². The van der Waals surface area contributed by atoms with Crippen LogP contribution in [0.1, 0.15) is 13.3 Å². The lowest BCUT2D eigenvalue weighted by molar-refractivity contribution is -0.894. The Morgan fingerprint density at radius 2 is 1.64 bits per heavy atom. The van der Waals surface area contributed by atoms with Gasteiger partial charge in [0, 0.05) is 13.0 Å². The van der Waals surface area contributed by atoms with Crippen LogP contribution in [-0.4, -0.2) is 57.2 Å². The van der Waals surface area contributed by atoms with Gasteiger partial charge in [-0.1, -0.05) is 0 Å². The summed E-state index contributed by atoms with van der Waals surface area (Å²) in [6.45, 7) is 3.50. The predicted octanol–water partition coefficient (Wildman–Crippen LogP) is 1.03. The largest absolute Gasteiger partial charge is 0.329 e. The van der Waals surface area contributed by atoms with Crippen LogP contribution in [0.15, 0.2) is 0 Å². The molecule has 0 fully saturated rings. The van der Waals surface area contributed by atoms with Gasteiger partial charge in [-0.15, -0.1) is 0 Å². The molecule has 11 heavy (non-hydrogen) atoms. The molecule has 0 aromatic heterocycles. The molecule has 0 heterocycles. The molecule has 0 spiro atoms. The van der Waals surface area contributed by atoms with E-state index in [-0.39, 0.29) is 0 Å². The van der Waals surface area contributed by atoms with Crippen molar-refractivity contribution in [1.29, 1.82) is 0 Å². The van der Waals surface area contributed by atoms with E-state index >= 15 is 0 Å². The summed E-state index contributed by atoms with van der Waals surface area (Å²) in [5.41, 5.74) is 0. The minimum Gasteiger partial charge on any atom is -0.329 e. The van der Waals surface area contributed by atoms with E-state index in [1.807, 2.05) is 0 Å². The number of hydrogen-bond acceptors (Lipinski definition) is 1. The highest BCUT2D eigenvalue weighted by Gasteiger charge is 2.17. The monoisotopic (exact) mass is 159 g/mol. The van der Waals surface area contributed by atoms with Crippen molar-refractivity contribution in [3.63, 3.8) is 0 Å². The summed E-state index contributed by atoms with van der Waals surface area (Å²) in [7, 11) is 11.0. The number of quaternary nitrogens is 1. The molecular formula is C9H23N2+. The molecule has 0 radical (unpaired) electrons. The van der Waals surface area contributed by atoms with Crippen LogP contribution in [-0.2, 0) is 0 Å². The summed E-state index contributed by atoms with van der Waals surface area (Å²) in [6.07, 6.45) is 1.27. The van der Waals surface area contributed by atoms with E-state index in [0.29, 0.717) is 0 Å². The Hall–Kier alpha value is -0.0800. The van der Waals surface area contributed by atoms with Crippen molar-refractivity contribution in [3.05, 3.63) is 0 Å². The molecule has 1 unspecified atom stereocenters. The summed E-state index contributed by atoms with van der Waals surface area (Å²) in [5.74, 6) is 0. The van der Waals surface area contributed by atoms with Gasteiger partial charge in [-0.3, -0.25) is 0 Å². The second-order valence-electron chi connectivity index (χ2n) is 4.56. The van der Waals surface area contributed by atoms with Gasteiger partial charge >= 0.3 is 0 Å². The van der Waals surface area contributed by atoms with Crippen LogP contribution in [0.5, 0.6) is 0 Å². The summed E-state index contributed by atoms with van der Waals surface area (Å²) in [4.78, 5) is 2.24. The van der Waals surface area contributed by atoms with Gasteiger partial charge in [-0.05, 0) is 21.0 Å². The summed E-state index contributed by atoms with van der Waals surface area (Å²) in [6, 6.07) is 0.748. The molecule has 0 amide bonds. The molecule has 0 N–H and O–H groups in total. The minimum atomic E-state index is 0.748. The van der Waals surface area contributed by atoms with E-state index in [0.717, 1.165) is 10.5 Å². The molecule has 0 aromatic carbocycles. The molecule has 68 valence electrons. The molecule has 0 saturated heterocycles. The van der Waals surface area contributed by atoms with Gasteiger partial charge < -0.3 is 9.38 Å². The molecule has 0 aliphatic carbocycles. The van der Waals surface area contributed by atoms with Gasteiger partial charge in [-0.2, -0.15) is 0 Å². The van der Waals surface area contributed by atoms with Gasteiger partial charge in [-0.25, -0.2) is 0 Å². The van der Waals surface area contributed by atoms with Crippen LogP contribution in [0, 0.1) is 0 Å². The molecule has 0 aliphatic rings. The predicted molar refractivity (Wildman–Crippen MR) is 50.7 cm³/mol. The lowest BCUT2D eigenvalue weighted by atomic mass is 10.2. The first-order valence-corrected chi connectivity index (χ1v) is 4.30. The minimum absolute atomic E-state index is 0.748. The quantitative estimate of drug-likeness (QED) is 0.554. The van der Waals surface area contributed by atoms with Crippen molar-refractivity contribution in [2.45, 2.75) is 19.4 Å². The van der Waals surface area contributed by atoms with Gasteiger partial charge in [0.1, 0.15) is 0 Å². The zero-order valence-electron chi connectivity index (χ0n) is 8.89. The third-order valence-corrected chi connectivity index (χ3v) is 2.32. The van der Waals surface area contributed by atoms with Crippen molar-refractivity contribution < 1.29 is 4.48 Å². The second kappa shape index (κ2) is 4.07. The first-order chi connectivity index (χ1) is 4.84. The Kier molecular flexibility index (Phi) is 4.04. The maximum absolute atomic E-state index is 2.31. The van der Waals surface area contributed by atoms with E-state index in [9.17, 15) is 0 Å². The van der Waals surface area contributed by atoms with Gasteiger partial charge in [0.15, 0.2) is 0 Å². The topological polar surface area (TPSA) is 3.24 Å². The van der Waals surface area contributed by atoms with Crippen LogP contribution in [0.4, 0.5) is 0 Å². The Balaban J connectivity index is 3.61. The summed E-state index contributed by atoms with van der Waals surface area (Å²) in [5, 5.41) is 0. The lowest BCUT2D eigenvalue weighted by Gasteiger charge is -2.32. The smallest absolute Gasteiger partial charge is 0.0867 e. The lowest BCUT2D eigenvalue weighted by Crippen LogP contribution is -2.44. The fourth-order valence-corrected chi connectivity index (χ4v) is 0.832. The Morgan fingerprint density at radius 3 is 1.91 bits per heavy atom. The van der Waals surface area contributed by atoms with E-state index < -0.39 is 0 Å². The van der Waals surface area contributed by atoms with Crippen molar-refractivity contribution in [1.82, 2.24) is 4.90 Å². The van der Waals surface area contributed by atoms with Gasteiger partial charge in [0.05, 0.1) is 27.2 Å². The molecule has 0 aliphatic heterocycles. The number of rotatable bonds is 4. The van der Waals surface area contributed by atoms with Crippen molar-refractivity contribution in [2.75, 3.05) is 41.8 Å². The highest BCUT2D eigenvalue weighted by molar-refractivity contribution is 4.52. The van der Waals surface area contributed by atoms with Gasteiger partial charge in [0.25, 0.3) is 0 Å². The zero-order valence-corrected chi connectivity index (χ0v) is 8.89.